The van der Waals surface area contributed by atoms with Crippen LogP contribution in [0.15, 0.2) is 24.3 Å². The number of rotatable bonds is 4. The van der Waals surface area contributed by atoms with E-state index in [0.29, 0.717) is 28.7 Å². The number of nitrogens with one attached hydrogen (secondary N) is 1. The van der Waals surface area contributed by atoms with E-state index in [1.807, 2.05) is 25.1 Å². The van der Waals surface area contributed by atoms with Crippen LogP contribution in [0.25, 0.3) is 0 Å². The summed E-state index contributed by atoms with van der Waals surface area (Å²) in [6.07, 6.45) is 2.84. The van der Waals surface area contributed by atoms with Crippen LogP contribution in [-0.2, 0) is 17.6 Å². The summed E-state index contributed by atoms with van der Waals surface area (Å²) in [6, 6.07) is 7.47. The van der Waals surface area contributed by atoms with Crippen molar-refractivity contribution in [2.24, 2.45) is 11.3 Å². The number of fused-ring (bicyclic) bond motifs is 1. The smallest absolute Gasteiger partial charge is 0.341 e. The van der Waals surface area contributed by atoms with E-state index in [-0.39, 0.29) is 17.3 Å². The highest BCUT2D eigenvalue weighted by molar-refractivity contribution is 7.17. The summed E-state index contributed by atoms with van der Waals surface area (Å²) in [6.45, 7) is 10.8. The second-order valence-electron chi connectivity index (χ2n) is 8.50. The Morgan fingerprint density at radius 1 is 1.25 bits per heavy atom. The summed E-state index contributed by atoms with van der Waals surface area (Å²) in [5.74, 6) is 0.0394. The van der Waals surface area contributed by atoms with Gasteiger partial charge in [-0.15, -0.1) is 11.3 Å². The lowest BCUT2D eigenvalue weighted by atomic mass is 9.72. The Morgan fingerprint density at radius 3 is 2.61 bits per heavy atom. The number of hydrogen-bond donors (Lipinski definition) is 1. The van der Waals surface area contributed by atoms with E-state index >= 15 is 0 Å². The van der Waals surface area contributed by atoms with Gasteiger partial charge in [-0.1, -0.05) is 39.0 Å². The molecule has 1 N–H and O–H groups in total. The molecule has 0 saturated heterocycles. The van der Waals surface area contributed by atoms with Gasteiger partial charge >= 0.3 is 5.97 Å². The number of anilines is 1. The molecule has 1 aliphatic rings. The van der Waals surface area contributed by atoms with Crippen molar-refractivity contribution in [1.29, 1.82) is 0 Å². The number of ether oxygens (including phenoxy) is 1. The van der Waals surface area contributed by atoms with E-state index in [9.17, 15) is 9.59 Å². The Kier molecular flexibility index (Phi) is 5.94. The van der Waals surface area contributed by atoms with Gasteiger partial charge in [0.2, 0.25) is 0 Å². The van der Waals surface area contributed by atoms with Crippen LogP contribution in [0.4, 0.5) is 5.00 Å². The minimum absolute atomic E-state index is 0.186. The maximum absolute atomic E-state index is 12.8. The largest absolute Gasteiger partial charge is 0.462 e. The number of thiophene rings is 1. The number of esters is 1. The van der Waals surface area contributed by atoms with Crippen molar-refractivity contribution in [3.63, 3.8) is 0 Å². The van der Waals surface area contributed by atoms with E-state index in [2.05, 4.69) is 26.1 Å². The first-order valence-corrected chi connectivity index (χ1v) is 10.7. The highest BCUT2D eigenvalue weighted by Gasteiger charge is 2.34. The third-order valence-corrected chi connectivity index (χ3v) is 6.76. The predicted octanol–water partition coefficient (Wildman–Crippen LogP) is 5.64. The molecule has 1 aliphatic carbocycles. The first-order chi connectivity index (χ1) is 13.2. The number of carbonyl (C=O) groups is 2. The van der Waals surface area contributed by atoms with Crippen molar-refractivity contribution in [1.82, 2.24) is 0 Å². The van der Waals surface area contributed by atoms with Crippen LogP contribution in [0.2, 0.25) is 0 Å². The lowest BCUT2D eigenvalue weighted by molar-refractivity contribution is 0.0526. The molecule has 4 nitrogen and oxygen atoms in total. The Bertz CT molecular complexity index is 892. The highest BCUT2D eigenvalue weighted by Crippen LogP contribution is 2.44. The average molecular weight is 400 g/mol. The summed E-state index contributed by atoms with van der Waals surface area (Å²) in [4.78, 5) is 26.7. The Hall–Kier alpha value is -2.14. The van der Waals surface area contributed by atoms with Crippen molar-refractivity contribution in [2.75, 3.05) is 11.9 Å². The van der Waals surface area contributed by atoms with Gasteiger partial charge in [-0.3, -0.25) is 4.79 Å². The summed E-state index contributed by atoms with van der Waals surface area (Å²) >= 11 is 1.53. The summed E-state index contributed by atoms with van der Waals surface area (Å²) in [7, 11) is 0. The monoisotopic (exact) mass is 399 g/mol. The van der Waals surface area contributed by atoms with Crippen LogP contribution in [0.5, 0.6) is 0 Å². The first-order valence-electron chi connectivity index (χ1n) is 9.91. The molecule has 150 valence electrons. The molecule has 1 amide bonds. The molecule has 0 aliphatic heterocycles. The molecule has 0 bridgehead atoms. The maximum atomic E-state index is 12.8. The average Bonchev–Trinajstić information content (AvgIpc) is 2.98. The molecule has 0 fully saturated rings. The number of carbonyl (C=O) groups excluding carboxylic acids is 2. The zero-order chi connectivity index (χ0) is 20.5. The third kappa shape index (κ3) is 4.14. The second kappa shape index (κ2) is 8.08. The fourth-order valence-electron chi connectivity index (χ4n) is 3.83. The van der Waals surface area contributed by atoms with Crippen molar-refractivity contribution in [3.05, 3.63) is 51.4 Å². The van der Waals surface area contributed by atoms with E-state index in [0.717, 1.165) is 30.4 Å². The fraction of sp³-hybridized carbons (Fsp3) is 0.478. The van der Waals surface area contributed by atoms with Gasteiger partial charge in [0.15, 0.2) is 0 Å². The Labute approximate surface area is 171 Å². The standard InChI is InChI=1S/C23H29NO3S/c1-6-27-22(26)19-17-12-11-15(23(3,4)5)13-18(17)28-21(19)24-20(25)16-10-8-7-9-14(16)2/h7-10,15H,6,11-13H2,1-5H3,(H,24,25). The summed E-state index contributed by atoms with van der Waals surface area (Å²) in [5, 5.41) is 3.61. The maximum Gasteiger partial charge on any atom is 0.341 e. The third-order valence-electron chi connectivity index (χ3n) is 5.59. The normalized spacial score (nSPS) is 16.4. The van der Waals surface area contributed by atoms with Crippen LogP contribution in [0, 0.1) is 18.3 Å². The van der Waals surface area contributed by atoms with E-state index in [1.165, 1.54) is 16.2 Å². The molecular weight excluding hydrogens is 370 g/mol. The van der Waals surface area contributed by atoms with E-state index < -0.39 is 0 Å². The van der Waals surface area contributed by atoms with Gasteiger partial charge in [-0.05, 0) is 61.6 Å². The van der Waals surface area contributed by atoms with Gasteiger partial charge in [0.05, 0.1) is 12.2 Å². The molecule has 1 atom stereocenters. The molecule has 0 spiro atoms. The number of benzene rings is 1. The molecule has 28 heavy (non-hydrogen) atoms. The molecule has 1 aromatic carbocycles. The summed E-state index contributed by atoms with van der Waals surface area (Å²) < 4.78 is 5.31. The number of amides is 1. The molecule has 1 aromatic heterocycles. The SMILES string of the molecule is CCOC(=O)c1c(NC(=O)c2ccccc2C)sc2c1CCC(C(C)(C)C)C2. The van der Waals surface area contributed by atoms with E-state index in [4.69, 9.17) is 4.74 Å². The minimum atomic E-state index is -0.339. The van der Waals surface area contributed by atoms with Gasteiger partial charge in [-0.25, -0.2) is 4.79 Å². The summed E-state index contributed by atoms with van der Waals surface area (Å²) in [5.41, 5.74) is 3.36. The second-order valence-corrected chi connectivity index (χ2v) is 9.61. The van der Waals surface area contributed by atoms with Crippen molar-refractivity contribution >= 4 is 28.2 Å². The molecule has 1 unspecified atom stereocenters. The lowest BCUT2D eigenvalue weighted by Gasteiger charge is -2.33. The van der Waals surface area contributed by atoms with Crippen LogP contribution in [0.1, 0.15) is 70.8 Å². The van der Waals surface area contributed by atoms with Gasteiger partial charge in [-0.2, -0.15) is 0 Å². The zero-order valence-electron chi connectivity index (χ0n) is 17.3. The number of hydrogen-bond acceptors (Lipinski definition) is 4. The topological polar surface area (TPSA) is 55.4 Å². The number of aryl methyl sites for hydroxylation is 1. The molecule has 3 rings (SSSR count). The van der Waals surface area contributed by atoms with Gasteiger partial charge in [0.25, 0.3) is 5.91 Å². The fourth-order valence-corrected chi connectivity index (χ4v) is 5.14. The molecule has 5 heteroatoms. The van der Waals surface area contributed by atoms with Crippen LogP contribution < -0.4 is 5.32 Å². The quantitative estimate of drug-likeness (QED) is 0.677. The van der Waals surface area contributed by atoms with Crippen molar-refractivity contribution < 1.29 is 14.3 Å². The van der Waals surface area contributed by atoms with Gasteiger partial charge < -0.3 is 10.1 Å². The highest BCUT2D eigenvalue weighted by atomic mass is 32.1. The van der Waals surface area contributed by atoms with Crippen LogP contribution in [-0.4, -0.2) is 18.5 Å². The first kappa shape index (κ1) is 20.6. The molecule has 2 aromatic rings. The van der Waals surface area contributed by atoms with Crippen LogP contribution in [0.3, 0.4) is 0 Å². The lowest BCUT2D eigenvalue weighted by Crippen LogP contribution is -2.26. The molecule has 0 saturated carbocycles. The minimum Gasteiger partial charge on any atom is -0.462 e. The van der Waals surface area contributed by atoms with E-state index in [1.54, 1.807) is 13.0 Å². The Morgan fingerprint density at radius 2 is 1.96 bits per heavy atom. The van der Waals surface area contributed by atoms with Crippen LogP contribution >= 0.6 is 11.3 Å². The Balaban J connectivity index is 1.96. The van der Waals surface area contributed by atoms with Crippen molar-refractivity contribution in [3.8, 4) is 0 Å². The van der Waals surface area contributed by atoms with Gasteiger partial charge in [0, 0.05) is 10.4 Å². The van der Waals surface area contributed by atoms with Crippen molar-refractivity contribution in [2.45, 2.75) is 53.9 Å². The van der Waals surface area contributed by atoms with Gasteiger partial charge in [0.1, 0.15) is 5.00 Å². The predicted molar refractivity (Wildman–Crippen MR) is 114 cm³/mol. The molecule has 0 radical (unpaired) electrons. The zero-order valence-corrected chi connectivity index (χ0v) is 18.2. The molecular formula is C23H29NO3S. The molecule has 1 heterocycles.